The molecule has 24 heavy (non-hydrogen) atoms. The van der Waals surface area contributed by atoms with Crippen LogP contribution in [-0.2, 0) is 17.6 Å². The number of nitrogens with zero attached hydrogens (tertiary/aromatic N) is 3. The fourth-order valence-corrected chi connectivity index (χ4v) is 3.83. The average Bonchev–Trinajstić information content (AvgIpc) is 3.04. The Morgan fingerprint density at radius 2 is 2.29 bits per heavy atom. The van der Waals surface area contributed by atoms with Crippen molar-refractivity contribution in [3.8, 4) is 0 Å². The van der Waals surface area contributed by atoms with Crippen molar-refractivity contribution in [3.05, 3.63) is 52.1 Å². The first-order valence-electron chi connectivity index (χ1n) is 8.51. The largest absolute Gasteiger partial charge is 0.357 e. The minimum absolute atomic E-state index is 0.0332. The lowest BCUT2D eigenvalue weighted by atomic mass is 9.84. The zero-order chi connectivity index (χ0) is 16.7. The zero-order valence-electron chi connectivity index (χ0n) is 13.8. The van der Waals surface area contributed by atoms with E-state index in [0.717, 1.165) is 48.3 Å². The van der Waals surface area contributed by atoms with Gasteiger partial charge in [-0.15, -0.1) is 0 Å². The molecular formula is C18H21FN4O. The second-order valence-corrected chi connectivity index (χ2v) is 6.34. The minimum Gasteiger partial charge on any atom is -0.357 e. The van der Waals surface area contributed by atoms with Gasteiger partial charge >= 0.3 is 0 Å². The summed E-state index contributed by atoms with van der Waals surface area (Å²) in [5.74, 6) is 5.49. The van der Waals surface area contributed by atoms with Crippen LogP contribution in [0.5, 0.6) is 0 Å². The van der Waals surface area contributed by atoms with Gasteiger partial charge in [-0.2, -0.15) is 10.2 Å². The van der Waals surface area contributed by atoms with E-state index < -0.39 is 0 Å². The van der Waals surface area contributed by atoms with Gasteiger partial charge in [0, 0.05) is 24.2 Å². The van der Waals surface area contributed by atoms with E-state index >= 15 is 0 Å². The first-order chi connectivity index (χ1) is 11.7. The third-order valence-corrected chi connectivity index (χ3v) is 5.00. The molecule has 126 valence electrons. The number of ether oxygens (including phenoxy) is 1. The van der Waals surface area contributed by atoms with Crippen LogP contribution in [0.15, 0.2) is 23.4 Å². The topological polar surface area (TPSA) is 65.4 Å². The van der Waals surface area contributed by atoms with Crippen LogP contribution in [0.2, 0.25) is 0 Å². The standard InChI is InChI=1S/C18H21FN4O/c1-2-12-14(19)7-6-11-9-15-13(18(22-20)17(11)12)10-21-23(15)16-5-3-4-8-24-16/h6-7,10,16H,2-5,8-9,20H2,1H3/b22-18+. The number of halogens is 1. The fraction of sp³-hybridized carbons (Fsp3) is 0.444. The predicted molar refractivity (Wildman–Crippen MR) is 89.5 cm³/mol. The molecule has 1 aliphatic heterocycles. The molecule has 0 spiro atoms. The van der Waals surface area contributed by atoms with E-state index in [9.17, 15) is 4.39 Å². The van der Waals surface area contributed by atoms with Crippen molar-refractivity contribution in [1.82, 2.24) is 9.78 Å². The normalized spacial score (nSPS) is 21.6. The summed E-state index contributed by atoms with van der Waals surface area (Å²) >= 11 is 0. The maximum atomic E-state index is 14.2. The van der Waals surface area contributed by atoms with E-state index in [2.05, 4.69) is 10.2 Å². The minimum atomic E-state index is -0.205. The van der Waals surface area contributed by atoms with Crippen LogP contribution in [0.1, 0.15) is 60.4 Å². The zero-order valence-corrected chi connectivity index (χ0v) is 13.8. The third-order valence-electron chi connectivity index (χ3n) is 5.00. The average molecular weight is 328 g/mol. The van der Waals surface area contributed by atoms with Crippen LogP contribution in [0, 0.1) is 5.82 Å². The SMILES string of the molecule is CCc1c(F)ccc2c1/C(=N/N)c1cnn(C3CCCCO3)c1C2. The quantitative estimate of drug-likeness (QED) is 0.581. The molecule has 2 aromatic rings. The highest BCUT2D eigenvalue weighted by Crippen LogP contribution is 2.34. The Labute approximate surface area is 140 Å². The Morgan fingerprint density at radius 1 is 1.42 bits per heavy atom. The third kappa shape index (κ3) is 2.24. The van der Waals surface area contributed by atoms with Crippen molar-refractivity contribution in [2.75, 3.05) is 6.61 Å². The van der Waals surface area contributed by atoms with Gasteiger partial charge in [-0.05, 0) is 42.9 Å². The highest BCUT2D eigenvalue weighted by Gasteiger charge is 2.31. The van der Waals surface area contributed by atoms with Gasteiger partial charge in [0.15, 0.2) is 0 Å². The molecule has 4 rings (SSSR count). The molecule has 0 radical (unpaired) electrons. The lowest BCUT2D eigenvalue weighted by molar-refractivity contribution is -0.0409. The Balaban J connectivity index is 1.84. The maximum Gasteiger partial charge on any atom is 0.150 e. The Hall–Kier alpha value is -2.21. The van der Waals surface area contributed by atoms with E-state index in [1.807, 2.05) is 17.7 Å². The first kappa shape index (κ1) is 15.3. The van der Waals surface area contributed by atoms with Crippen LogP contribution in [-0.4, -0.2) is 22.1 Å². The summed E-state index contributed by atoms with van der Waals surface area (Å²) in [5.41, 5.74) is 5.11. The van der Waals surface area contributed by atoms with Crippen molar-refractivity contribution in [2.24, 2.45) is 10.9 Å². The summed E-state index contributed by atoms with van der Waals surface area (Å²) in [6.45, 7) is 2.71. The number of nitrogens with two attached hydrogens (primary N) is 1. The number of fused-ring (bicyclic) bond motifs is 2. The molecule has 2 N–H and O–H groups in total. The predicted octanol–water partition coefficient (Wildman–Crippen LogP) is 2.90. The van der Waals surface area contributed by atoms with Crippen molar-refractivity contribution in [3.63, 3.8) is 0 Å². The molecular weight excluding hydrogens is 307 g/mol. The number of hydrogen-bond donors (Lipinski definition) is 1. The Kier molecular flexibility index (Phi) is 3.84. The molecule has 1 fully saturated rings. The van der Waals surface area contributed by atoms with Crippen LogP contribution < -0.4 is 5.84 Å². The molecule has 2 aliphatic rings. The van der Waals surface area contributed by atoms with Crippen LogP contribution in [0.3, 0.4) is 0 Å². The lowest BCUT2D eigenvalue weighted by Gasteiger charge is -2.27. The second kappa shape index (κ2) is 6.02. The summed E-state index contributed by atoms with van der Waals surface area (Å²) < 4.78 is 22.1. The number of hydrogen-bond acceptors (Lipinski definition) is 4. The molecule has 1 aromatic heterocycles. The van der Waals surface area contributed by atoms with Crippen molar-refractivity contribution < 1.29 is 9.13 Å². The number of aromatic nitrogens is 2. The van der Waals surface area contributed by atoms with E-state index in [0.29, 0.717) is 24.1 Å². The van der Waals surface area contributed by atoms with E-state index in [-0.39, 0.29) is 12.0 Å². The smallest absolute Gasteiger partial charge is 0.150 e. The van der Waals surface area contributed by atoms with Crippen LogP contribution >= 0.6 is 0 Å². The van der Waals surface area contributed by atoms with Crippen molar-refractivity contribution in [2.45, 2.75) is 45.3 Å². The van der Waals surface area contributed by atoms with Crippen LogP contribution in [0.4, 0.5) is 4.39 Å². The molecule has 0 saturated carbocycles. The second-order valence-electron chi connectivity index (χ2n) is 6.34. The number of benzene rings is 1. The fourth-order valence-electron chi connectivity index (χ4n) is 3.83. The molecule has 1 aliphatic carbocycles. The molecule has 0 amide bonds. The Bertz CT molecular complexity index is 806. The van der Waals surface area contributed by atoms with Gasteiger partial charge in [0.2, 0.25) is 0 Å². The summed E-state index contributed by atoms with van der Waals surface area (Å²) in [7, 11) is 0. The highest BCUT2D eigenvalue weighted by molar-refractivity contribution is 6.16. The maximum absolute atomic E-state index is 14.2. The van der Waals surface area contributed by atoms with E-state index in [1.165, 1.54) is 6.07 Å². The van der Waals surface area contributed by atoms with Gasteiger partial charge < -0.3 is 10.6 Å². The summed E-state index contributed by atoms with van der Waals surface area (Å²) in [5, 5.41) is 8.54. The lowest BCUT2D eigenvalue weighted by Crippen LogP contribution is -2.25. The molecule has 1 aromatic carbocycles. The molecule has 5 nitrogen and oxygen atoms in total. The van der Waals surface area contributed by atoms with Gasteiger partial charge in [0.05, 0.1) is 11.9 Å². The van der Waals surface area contributed by atoms with Gasteiger partial charge in [0.1, 0.15) is 17.8 Å². The van der Waals surface area contributed by atoms with E-state index in [1.54, 1.807) is 6.20 Å². The van der Waals surface area contributed by atoms with Gasteiger partial charge in [-0.1, -0.05) is 13.0 Å². The van der Waals surface area contributed by atoms with Crippen molar-refractivity contribution in [1.29, 1.82) is 0 Å². The first-order valence-corrected chi connectivity index (χ1v) is 8.51. The number of hydrazone groups is 1. The molecule has 1 atom stereocenters. The number of rotatable bonds is 2. The van der Waals surface area contributed by atoms with E-state index in [4.69, 9.17) is 10.6 Å². The van der Waals surface area contributed by atoms with Gasteiger partial charge in [-0.3, -0.25) is 0 Å². The summed E-state index contributed by atoms with van der Waals surface area (Å²) in [6.07, 6.45) is 6.23. The summed E-state index contributed by atoms with van der Waals surface area (Å²) in [4.78, 5) is 0. The summed E-state index contributed by atoms with van der Waals surface area (Å²) in [6, 6.07) is 3.37. The molecule has 0 bridgehead atoms. The van der Waals surface area contributed by atoms with Gasteiger partial charge in [-0.25, -0.2) is 9.07 Å². The monoisotopic (exact) mass is 328 g/mol. The molecule has 6 heteroatoms. The van der Waals surface area contributed by atoms with Crippen LogP contribution in [0.25, 0.3) is 0 Å². The molecule has 1 saturated heterocycles. The van der Waals surface area contributed by atoms with Gasteiger partial charge in [0.25, 0.3) is 0 Å². The molecule has 1 unspecified atom stereocenters. The van der Waals surface area contributed by atoms with Crippen molar-refractivity contribution >= 4 is 5.71 Å². The highest BCUT2D eigenvalue weighted by atomic mass is 19.1. The Morgan fingerprint density at radius 3 is 3.00 bits per heavy atom. The molecule has 2 heterocycles.